The first kappa shape index (κ1) is 17.4. The molecule has 0 heterocycles. The fourth-order valence-corrected chi connectivity index (χ4v) is 1.35. The molecule has 0 fully saturated rings. The van der Waals surface area contributed by atoms with Crippen molar-refractivity contribution in [1.82, 2.24) is 10.6 Å². The van der Waals surface area contributed by atoms with Gasteiger partial charge >= 0.3 is 0 Å². The molecule has 1 aromatic rings. The van der Waals surface area contributed by atoms with Crippen LogP contribution in [0.4, 0.5) is 0 Å². The SMILES string of the molecule is CC(NC(=O)[C@H](C)N)C(=O)NCc1ccccc1.Cl. The van der Waals surface area contributed by atoms with Crippen LogP contribution >= 0.6 is 12.4 Å². The molecule has 0 bridgehead atoms. The highest BCUT2D eigenvalue weighted by atomic mass is 35.5. The van der Waals surface area contributed by atoms with Gasteiger partial charge in [-0.25, -0.2) is 0 Å². The molecule has 106 valence electrons. The molecule has 1 aromatic carbocycles. The van der Waals surface area contributed by atoms with Gasteiger partial charge in [-0.05, 0) is 19.4 Å². The van der Waals surface area contributed by atoms with E-state index in [9.17, 15) is 9.59 Å². The second-order valence-corrected chi connectivity index (χ2v) is 4.22. The number of carbonyl (C=O) groups is 2. The lowest BCUT2D eigenvalue weighted by Gasteiger charge is -2.15. The minimum absolute atomic E-state index is 0. The van der Waals surface area contributed by atoms with Crippen LogP contribution in [0.3, 0.4) is 0 Å². The number of rotatable bonds is 5. The van der Waals surface area contributed by atoms with Gasteiger partial charge in [0.2, 0.25) is 11.8 Å². The summed E-state index contributed by atoms with van der Waals surface area (Å²) in [6.07, 6.45) is 0. The standard InChI is InChI=1S/C13H19N3O2.ClH/c1-9(14)12(17)16-10(2)13(18)15-8-11-6-4-3-5-7-11;/h3-7,9-10H,8,14H2,1-2H3,(H,15,18)(H,16,17);1H/t9-,10?;/m0./s1. The van der Waals surface area contributed by atoms with Gasteiger partial charge in [-0.1, -0.05) is 30.3 Å². The summed E-state index contributed by atoms with van der Waals surface area (Å²) in [6, 6.07) is 8.36. The summed E-state index contributed by atoms with van der Waals surface area (Å²) in [7, 11) is 0. The third-order valence-electron chi connectivity index (χ3n) is 2.48. The van der Waals surface area contributed by atoms with E-state index in [1.165, 1.54) is 0 Å². The molecule has 1 unspecified atom stereocenters. The Hall–Kier alpha value is -1.59. The van der Waals surface area contributed by atoms with Gasteiger partial charge in [0.1, 0.15) is 6.04 Å². The molecule has 1 rings (SSSR count). The average molecular weight is 286 g/mol. The number of carbonyl (C=O) groups excluding carboxylic acids is 2. The lowest BCUT2D eigenvalue weighted by atomic mass is 10.2. The number of benzene rings is 1. The van der Waals surface area contributed by atoms with E-state index in [4.69, 9.17) is 5.73 Å². The van der Waals surface area contributed by atoms with Crippen LogP contribution in [-0.4, -0.2) is 23.9 Å². The Morgan fingerprint density at radius 2 is 1.74 bits per heavy atom. The molecule has 5 nitrogen and oxygen atoms in total. The van der Waals surface area contributed by atoms with Gasteiger partial charge in [0.05, 0.1) is 6.04 Å². The highest BCUT2D eigenvalue weighted by molar-refractivity contribution is 5.89. The Labute approximate surface area is 119 Å². The van der Waals surface area contributed by atoms with E-state index >= 15 is 0 Å². The first-order chi connectivity index (χ1) is 8.50. The molecule has 4 N–H and O–H groups in total. The summed E-state index contributed by atoms with van der Waals surface area (Å²) in [5, 5.41) is 5.29. The predicted octanol–water partition coefficient (Wildman–Crippen LogP) is 0.577. The molecule has 19 heavy (non-hydrogen) atoms. The van der Waals surface area contributed by atoms with Gasteiger partial charge in [0.25, 0.3) is 0 Å². The van der Waals surface area contributed by atoms with Gasteiger partial charge in [0, 0.05) is 6.54 Å². The quantitative estimate of drug-likeness (QED) is 0.740. The second kappa shape index (κ2) is 8.50. The van der Waals surface area contributed by atoms with E-state index in [0.29, 0.717) is 6.54 Å². The monoisotopic (exact) mass is 285 g/mol. The summed E-state index contributed by atoms with van der Waals surface area (Å²) in [5.41, 5.74) is 6.42. The Bertz CT molecular complexity index is 410. The molecule has 2 amide bonds. The van der Waals surface area contributed by atoms with Crippen LogP contribution in [-0.2, 0) is 16.1 Å². The fraction of sp³-hybridized carbons (Fsp3) is 0.385. The predicted molar refractivity (Wildman–Crippen MR) is 76.8 cm³/mol. The maximum Gasteiger partial charge on any atom is 0.242 e. The highest BCUT2D eigenvalue weighted by Crippen LogP contribution is 1.97. The van der Waals surface area contributed by atoms with Crippen LogP contribution in [0, 0.1) is 0 Å². The molecule has 0 aliphatic carbocycles. The maximum atomic E-state index is 11.7. The van der Waals surface area contributed by atoms with Crippen LogP contribution in [0.1, 0.15) is 19.4 Å². The lowest BCUT2D eigenvalue weighted by molar-refractivity contribution is -0.129. The third kappa shape index (κ3) is 6.22. The first-order valence-corrected chi connectivity index (χ1v) is 5.88. The molecule has 0 aliphatic rings. The van der Waals surface area contributed by atoms with Crippen molar-refractivity contribution in [1.29, 1.82) is 0 Å². The van der Waals surface area contributed by atoms with E-state index < -0.39 is 12.1 Å². The van der Waals surface area contributed by atoms with Gasteiger partial charge in [-0.2, -0.15) is 0 Å². The van der Waals surface area contributed by atoms with Crippen molar-refractivity contribution < 1.29 is 9.59 Å². The van der Waals surface area contributed by atoms with Gasteiger partial charge < -0.3 is 16.4 Å². The van der Waals surface area contributed by atoms with E-state index in [0.717, 1.165) is 5.56 Å². The van der Waals surface area contributed by atoms with Crippen molar-refractivity contribution in [2.24, 2.45) is 5.73 Å². The van der Waals surface area contributed by atoms with E-state index in [1.807, 2.05) is 30.3 Å². The minimum Gasteiger partial charge on any atom is -0.350 e. The Kier molecular flexibility index (Phi) is 7.79. The second-order valence-electron chi connectivity index (χ2n) is 4.22. The highest BCUT2D eigenvalue weighted by Gasteiger charge is 2.16. The number of halogens is 1. The molecule has 0 aliphatic heterocycles. The molecule has 0 saturated carbocycles. The van der Waals surface area contributed by atoms with Crippen molar-refractivity contribution in [2.75, 3.05) is 0 Å². The summed E-state index contributed by atoms with van der Waals surface area (Å²) >= 11 is 0. The zero-order valence-electron chi connectivity index (χ0n) is 11.1. The van der Waals surface area contributed by atoms with Crippen LogP contribution in [0.5, 0.6) is 0 Å². The topological polar surface area (TPSA) is 84.2 Å². The molecule has 2 atom stereocenters. The van der Waals surface area contributed by atoms with Gasteiger partial charge in [0.15, 0.2) is 0 Å². The Morgan fingerprint density at radius 3 is 2.26 bits per heavy atom. The molecule has 0 saturated heterocycles. The van der Waals surface area contributed by atoms with Crippen LogP contribution in [0.2, 0.25) is 0 Å². The lowest BCUT2D eigenvalue weighted by Crippen LogP contribution is -2.49. The molecule has 0 radical (unpaired) electrons. The summed E-state index contributed by atoms with van der Waals surface area (Å²) in [5.74, 6) is -0.565. The van der Waals surface area contributed by atoms with Gasteiger partial charge in [-0.15, -0.1) is 12.4 Å². The van der Waals surface area contributed by atoms with Crippen molar-refractivity contribution in [3.05, 3.63) is 35.9 Å². The van der Waals surface area contributed by atoms with E-state index in [1.54, 1.807) is 13.8 Å². The fourth-order valence-electron chi connectivity index (χ4n) is 1.35. The van der Waals surface area contributed by atoms with Crippen molar-refractivity contribution >= 4 is 24.2 Å². The molecular formula is C13H20ClN3O2. The van der Waals surface area contributed by atoms with Crippen molar-refractivity contribution in [3.63, 3.8) is 0 Å². The third-order valence-corrected chi connectivity index (χ3v) is 2.48. The Morgan fingerprint density at radius 1 is 1.16 bits per heavy atom. The largest absolute Gasteiger partial charge is 0.350 e. The molecular weight excluding hydrogens is 266 g/mol. The van der Waals surface area contributed by atoms with Crippen molar-refractivity contribution in [3.8, 4) is 0 Å². The number of amides is 2. The van der Waals surface area contributed by atoms with Crippen LogP contribution in [0.15, 0.2) is 30.3 Å². The number of hydrogen-bond donors (Lipinski definition) is 3. The van der Waals surface area contributed by atoms with E-state index in [2.05, 4.69) is 10.6 Å². The zero-order chi connectivity index (χ0) is 13.5. The smallest absolute Gasteiger partial charge is 0.242 e. The van der Waals surface area contributed by atoms with Gasteiger partial charge in [-0.3, -0.25) is 9.59 Å². The number of nitrogens with one attached hydrogen (secondary N) is 2. The first-order valence-electron chi connectivity index (χ1n) is 5.88. The summed E-state index contributed by atoms with van der Waals surface area (Å²) in [6.45, 7) is 3.64. The molecule has 0 aromatic heterocycles. The van der Waals surface area contributed by atoms with Crippen LogP contribution < -0.4 is 16.4 Å². The maximum absolute atomic E-state index is 11.7. The van der Waals surface area contributed by atoms with Crippen molar-refractivity contribution in [2.45, 2.75) is 32.5 Å². The Balaban J connectivity index is 0.00000324. The summed E-state index contributed by atoms with van der Waals surface area (Å²) in [4.78, 5) is 23.0. The zero-order valence-corrected chi connectivity index (χ0v) is 11.9. The molecule has 6 heteroatoms. The number of nitrogens with two attached hydrogens (primary N) is 1. The average Bonchev–Trinajstić information content (AvgIpc) is 2.36. The normalized spacial score (nSPS) is 12.8. The number of hydrogen-bond acceptors (Lipinski definition) is 3. The summed E-state index contributed by atoms with van der Waals surface area (Å²) < 4.78 is 0. The van der Waals surface area contributed by atoms with E-state index in [-0.39, 0.29) is 24.2 Å². The van der Waals surface area contributed by atoms with Crippen LogP contribution in [0.25, 0.3) is 0 Å². The minimum atomic E-state index is -0.616. The molecule has 0 spiro atoms.